The molecule has 0 bridgehead atoms. The lowest BCUT2D eigenvalue weighted by atomic mass is 10.2. The predicted molar refractivity (Wildman–Crippen MR) is 101 cm³/mol. The van der Waals surface area contributed by atoms with Gasteiger partial charge in [-0.2, -0.15) is 0 Å². The Labute approximate surface area is 144 Å². The quantitative estimate of drug-likeness (QED) is 0.651. The van der Waals surface area contributed by atoms with Crippen LogP contribution in [0.2, 0.25) is 5.02 Å². The van der Waals surface area contributed by atoms with Crippen LogP contribution in [-0.4, -0.2) is 49.2 Å². The summed E-state index contributed by atoms with van der Waals surface area (Å²) in [6, 6.07) is 7.83. The van der Waals surface area contributed by atoms with Gasteiger partial charge in [-0.3, -0.25) is 4.98 Å². The Balaban J connectivity index is 1.71. The van der Waals surface area contributed by atoms with Crippen molar-refractivity contribution in [2.24, 2.45) is 0 Å². The van der Waals surface area contributed by atoms with Crippen molar-refractivity contribution in [3.63, 3.8) is 0 Å². The van der Waals surface area contributed by atoms with Crippen molar-refractivity contribution in [1.82, 2.24) is 15.2 Å². The van der Waals surface area contributed by atoms with E-state index in [2.05, 4.69) is 34.4 Å². The van der Waals surface area contributed by atoms with Crippen LogP contribution < -0.4 is 10.6 Å². The topological polar surface area (TPSA) is 40.2 Å². The Hall–Kier alpha value is -1.36. The van der Waals surface area contributed by atoms with Gasteiger partial charge in [0.2, 0.25) is 0 Å². The number of rotatable bonds is 10. The molecule has 4 nitrogen and oxygen atoms in total. The minimum atomic E-state index is 0.719. The van der Waals surface area contributed by atoms with E-state index in [1.165, 1.54) is 13.0 Å². The highest BCUT2D eigenvalue weighted by Crippen LogP contribution is 2.23. The fourth-order valence-electron chi connectivity index (χ4n) is 2.65. The van der Waals surface area contributed by atoms with Gasteiger partial charge in [0, 0.05) is 35.4 Å². The first-order valence-electron chi connectivity index (χ1n) is 8.45. The molecule has 2 rings (SSSR count). The Morgan fingerprint density at radius 1 is 1.09 bits per heavy atom. The molecular weight excluding hydrogens is 308 g/mol. The Morgan fingerprint density at radius 3 is 2.70 bits per heavy atom. The number of nitrogens with one attached hydrogen (secondary N) is 2. The van der Waals surface area contributed by atoms with Crippen LogP contribution in [-0.2, 0) is 0 Å². The molecule has 5 heteroatoms. The van der Waals surface area contributed by atoms with E-state index >= 15 is 0 Å². The summed E-state index contributed by atoms with van der Waals surface area (Å²) in [4.78, 5) is 6.81. The molecule has 0 aliphatic rings. The summed E-state index contributed by atoms with van der Waals surface area (Å²) in [6.45, 7) is 10.8. The molecule has 2 N–H and O–H groups in total. The highest BCUT2D eigenvalue weighted by atomic mass is 35.5. The summed E-state index contributed by atoms with van der Waals surface area (Å²) >= 11 is 6.02. The van der Waals surface area contributed by atoms with Crippen molar-refractivity contribution in [3.8, 4) is 0 Å². The monoisotopic (exact) mass is 334 g/mol. The second-order valence-electron chi connectivity index (χ2n) is 5.58. The second kappa shape index (κ2) is 9.71. The molecule has 0 spiro atoms. The summed E-state index contributed by atoms with van der Waals surface area (Å²) in [5.41, 5.74) is 2.03. The summed E-state index contributed by atoms with van der Waals surface area (Å²) in [5.74, 6) is 0. The molecule has 1 heterocycles. The van der Waals surface area contributed by atoms with Gasteiger partial charge in [-0.1, -0.05) is 25.4 Å². The number of aromatic nitrogens is 1. The van der Waals surface area contributed by atoms with E-state index in [-0.39, 0.29) is 0 Å². The van der Waals surface area contributed by atoms with Crippen molar-refractivity contribution < 1.29 is 0 Å². The van der Waals surface area contributed by atoms with Crippen LogP contribution >= 0.6 is 11.6 Å². The molecule has 0 radical (unpaired) electrons. The summed E-state index contributed by atoms with van der Waals surface area (Å²) in [6.07, 6.45) is 3.01. The number of hydrogen-bond donors (Lipinski definition) is 2. The van der Waals surface area contributed by atoms with E-state index in [1.807, 2.05) is 30.5 Å². The maximum absolute atomic E-state index is 6.02. The Bertz CT molecular complexity index is 599. The molecular formula is C18H27ClN4. The van der Waals surface area contributed by atoms with Crippen LogP contribution in [0.5, 0.6) is 0 Å². The average molecular weight is 335 g/mol. The molecule has 0 atom stereocenters. The molecule has 0 saturated carbocycles. The Morgan fingerprint density at radius 2 is 1.91 bits per heavy atom. The molecule has 1 aromatic carbocycles. The van der Waals surface area contributed by atoms with Crippen molar-refractivity contribution >= 4 is 28.2 Å². The molecule has 0 amide bonds. The van der Waals surface area contributed by atoms with Gasteiger partial charge in [-0.15, -0.1) is 0 Å². The maximum Gasteiger partial charge on any atom is 0.0737 e. The van der Waals surface area contributed by atoms with Crippen LogP contribution in [0.25, 0.3) is 10.9 Å². The maximum atomic E-state index is 6.02. The molecule has 126 valence electrons. The van der Waals surface area contributed by atoms with Crippen LogP contribution in [0.15, 0.2) is 30.5 Å². The van der Waals surface area contributed by atoms with Crippen LogP contribution in [0, 0.1) is 0 Å². The lowest BCUT2D eigenvalue weighted by molar-refractivity contribution is 0.298. The van der Waals surface area contributed by atoms with Gasteiger partial charge in [-0.25, -0.2) is 0 Å². The van der Waals surface area contributed by atoms with E-state index in [1.54, 1.807) is 0 Å². The number of hydrogen-bond acceptors (Lipinski definition) is 4. The number of fused-ring (bicyclic) bond motifs is 1. The van der Waals surface area contributed by atoms with E-state index in [4.69, 9.17) is 11.6 Å². The molecule has 23 heavy (non-hydrogen) atoms. The van der Waals surface area contributed by atoms with Crippen LogP contribution in [0.1, 0.15) is 20.3 Å². The summed E-state index contributed by atoms with van der Waals surface area (Å²) < 4.78 is 0. The van der Waals surface area contributed by atoms with Gasteiger partial charge in [0.1, 0.15) is 0 Å². The number of benzene rings is 1. The molecule has 0 fully saturated rings. The zero-order chi connectivity index (χ0) is 16.5. The molecule has 0 unspecified atom stereocenters. The third-order valence-corrected chi connectivity index (χ3v) is 4.28. The summed E-state index contributed by atoms with van der Waals surface area (Å²) in [5, 5.41) is 8.79. The first-order valence-corrected chi connectivity index (χ1v) is 8.83. The average Bonchev–Trinajstić information content (AvgIpc) is 2.57. The minimum absolute atomic E-state index is 0.719. The van der Waals surface area contributed by atoms with Gasteiger partial charge >= 0.3 is 0 Å². The minimum Gasteiger partial charge on any atom is -0.383 e. The van der Waals surface area contributed by atoms with Gasteiger partial charge < -0.3 is 15.5 Å². The first-order chi connectivity index (χ1) is 11.2. The van der Waals surface area contributed by atoms with E-state index in [0.717, 1.165) is 54.3 Å². The van der Waals surface area contributed by atoms with E-state index in [9.17, 15) is 0 Å². The van der Waals surface area contributed by atoms with Gasteiger partial charge in [0.25, 0.3) is 0 Å². The van der Waals surface area contributed by atoms with E-state index in [0.29, 0.717) is 0 Å². The zero-order valence-corrected chi connectivity index (χ0v) is 14.9. The van der Waals surface area contributed by atoms with Gasteiger partial charge in [-0.05, 0) is 56.9 Å². The normalized spacial score (nSPS) is 11.3. The van der Waals surface area contributed by atoms with Crippen molar-refractivity contribution in [2.45, 2.75) is 20.3 Å². The lowest BCUT2D eigenvalue weighted by Gasteiger charge is -2.17. The number of nitrogens with zero attached hydrogens (tertiary/aromatic N) is 2. The Kier molecular flexibility index (Phi) is 7.59. The SMILES string of the molecule is CCN(CC)CCCNCCNc1ccnc2cc(Cl)ccc12. The lowest BCUT2D eigenvalue weighted by Crippen LogP contribution is -2.29. The first kappa shape index (κ1) is 18.0. The molecule has 2 aromatic rings. The van der Waals surface area contributed by atoms with Crippen LogP contribution in [0.4, 0.5) is 5.69 Å². The standard InChI is InChI=1S/C18H27ClN4/c1-3-23(4-2)13-5-9-20-11-12-22-17-8-10-21-18-14-15(19)6-7-16(17)18/h6-8,10,14,20H,3-5,9,11-13H2,1-2H3,(H,21,22). The molecule has 0 aliphatic heterocycles. The smallest absolute Gasteiger partial charge is 0.0737 e. The fourth-order valence-corrected chi connectivity index (χ4v) is 2.82. The molecule has 0 aliphatic carbocycles. The third kappa shape index (κ3) is 5.65. The fraction of sp³-hybridized carbons (Fsp3) is 0.500. The number of pyridine rings is 1. The van der Waals surface area contributed by atoms with Crippen molar-refractivity contribution in [1.29, 1.82) is 0 Å². The summed E-state index contributed by atoms with van der Waals surface area (Å²) in [7, 11) is 0. The highest BCUT2D eigenvalue weighted by Gasteiger charge is 2.02. The van der Waals surface area contributed by atoms with Crippen molar-refractivity contribution in [2.75, 3.05) is 44.6 Å². The number of anilines is 1. The van der Waals surface area contributed by atoms with Gasteiger partial charge in [0.15, 0.2) is 0 Å². The van der Waals surface area contributed by atoms with Gasteiger partial charge in [0.05, 0.1) is 5.52 Å². The van der Waals surface area contributed by atoms with Crippen LogP contribution in [0.3, 0.4) is 0 Å². The predicted octanol–water partition coefficient (Wildman–Crippen LogP) is 3.62. The second-order valence-corrected chi connectivity index (χ2v) is 6.01. The van der Waals surface area contributed by atoms with E-state index < -0.39 is 0 Å². The molecule has 1 aromatic heterocycles. The van der Waals surface area contributed by atoms with Crippen molar-refractivity contribution in [3.05, 3.63) is 35.5 Å². The largest absolute Gasteiger partial charge is 0.383 e. The molecule has 0 saturated heterocycles. The highest BCUT2D eigenvalue weighted by molar-refractivity contribution is 6.31. The number of halogens is 1. The third-order valence-electron chi connectivity index (χ3n) is 4.04. The zero-order valence-electron chi connectivity index (χ0n) is 14.1.